The largest absolute Gasteiger partial charge is 0.508 e. The van der Waals surface area contributed by atoms with Gasteiger partial charge in [0.1, 0.15) is 17.1 Å². The Balaban J connectivity index is 1.87. The van der Waals surface area contributed by atoms with Crippen LogP contribution in [0.5, 0.6) is 11.5 Å². The third kappa shape index (κ3) is 2.28. The van der Waals surface area contributed by atoms with Gasteiger partial charge >= 0.3 is 0 Å². The Kier molecular flexibility index (Phi) is 3.16. The van der Waals surface area contributed by atoms with Gasteiger partial charge in [0.15, 0.2) is 0 Å². The molecule has 0 aliphatic carbocycles. The molecule has 3 heteroatoms. The van der Waals surface area contributed by atoms with Crippen LogP contribution in [0, 0.1) is 0 Å². The molecule has 0 aromatic heterocycles. The molecule has 22 heavy (non-hydrogen) atoms. The summed E-state index contributed by atoms with van der Waals surface area (Å²) in [7, 11) is 0. The van der Waals surface area contributed by atoms with Gasteiger partial charge in [0, 0.05) is 18.4 Å². The van der Waals surface area contributed by atoms with Crippen molar-refractivity contribution in [1.82, 2.24) is 5.32 Å². The molecule has 112 valence electrons. The highest BCUT2D eigenvalue weighted by atomic mass is 16.5. The molecule has 0 bridgehead atoms. The van der Waals surface area contributed by atoms with E-state index in [1.807, 2.05) is 36.4 Å². The molecule has 1 spiro atoms. The molecule has 0 amide bonds. The summed E-state index contributed by atoms with van der Waals surface area (Å²) in [5.74, 6) is 1.23. The number of ether oxygens (including phenoxy) is 1. The topological polar surface area (TPSA) is 41.5 Å². The van der Waals surface area contributed by atoms with Gasteiger partial charge in [0.05, 0.1) is 0 Å². The van der Waals surface area contributed by atoms with Gasteiger partial charge in [-0.15, -0.1) is 0 Å². The zero-order valence-corrected chi connectivity index (χ0v) is 12.4. The number of phenolic OH excluding ortho intramolecular Hbond substituents is 1. The molecule has 1 saturated heterocycles. The monoisotopic (exact) mass is 293 g/mol. The van der Waals surface area contributed by atoms with Crippen molar-refractivity contribution in [3.05, 3.63) is 65.7 Å². The van der Waals surface area contributed by atoms with Crippen LogP contribution in [0.15, 0.2) is 54.6 Å². The van der Waals surface area contributed by atoms with Crippen LogP contribution in [0.1, 0.15) is 24.0 Å². The number of hydrogen-bond donors (Lipinski definition) is 2. The Hall–Kier alpha value is -2.26. The van der Waals surface area contributed by atoms with E-state index in [4.69, 9.17) is 4.74 Å². The maximum Gasteiger partial charge on any atom is 0.130 e. The molecule has 0 atom stereocenters. The van der Waals surface area contributed by atoms with E-state index in [0.29, 0.717) is 5.75 Å². The number of aromatic hydroxyl groups is 1. The average Bonchev–Trinajstić information content (AvgIpc) is 2.55. The Morgan fingerprint density at radius 3 is 2.64 bits per heavy atom. The summed E-state index contributed by atoms with van der Waals surface area (Å²) in [6.45, 7) is 1.93. The minimum absolute atomic E-state index is 0.236. The highest BCUT2D eigenvalue weighted by Crippen LogP contribution is 2.42. The molecule has 0 radical (unpaired) electrons. The second-order valence-electron chi connectivity index (χ2n) is 6.02. The van der Waals surface area contributed by atoms with Crippen molar-refractivity contribution in [3.8, 4) is 11.5 Å². The van der Waals surface area contributed by atoms with Crippen molar-refractivity contribution >= 4 is 5.57 Å². The first-order valence-corrected chi connectivity index (χ1v) is 7.77. The quantitative estimate of drug-likeness (QED) is 0.847. The van der Waals surface area contributed by atoms with Crippen LogP contribution in [0.2, 0.25) is 0 Å². The standard InChI is InChI=1S/C19H19NO2/c21-15-5-3-4-14(12-15)17-13-19(8-10-20-11-9-19)22-18-7-2-1-6-16(17)18/h1-7,12-13,20-21H,8-11H2. The molecular formula is C19H19NO2. The summed E-state index contributed by atoms with van der Waals surface area (Å²) < 4.78 is 6.36. The molecule has 1 fully saturated rings. The fourth-order valence-electron chi connectivity index (χ4n) is 3.38. The number of hydrogen-bond acceptors (Lipinski definition) is 3. The summed E-state index contributed by atoms with van der Waals surface area (Å²) in [5.41, 5.74) is 3.05. The average molecular weight is 293 g/mol. The first-order chi connectivity index (χ1) is 10.8. The molecule has 0 saturated carbocycles. The molecular weight excluding hydrogens is 274 g/mol. The Labute approximate surface area is 130 Å². The van der Waals surface area contributed by atoms with Gasteiger partial charge in [0.25, 0.3) is 0 Å². The Morgan fingerprint density at radius 1 is 1.00 bits per heavy atom. The van der Waals surface area contributed by atoms with Crippen LogP contribution in [0.25, 0.3) is 5.57 Å². The number of nitrogens with one attached hydrogen (secondary N) is 1. The first-order valence-electron chi connectivity index (χ1n) is 7.77. The van der Waals surface area contributed by atoms with Crippen molar-refractivity contribution in [2.75, 3.05) is 13.1 Å². The molecule has 0 unspecified atom stereocenters. The molecule has 2 aromatic rings. The van der Waals surface area contributed by atoms with E-state index in [1.54, 1.807) is 6.07 Å². The van der Waals surface area contributed by atoms with Gasteiger partial charge in [-0.1, -0.05) is 30.3 Å². The summed E-state index contributed by atoms with van der Waals surface area (Å²) in [5, 5.41) is 13.2. The Morgan fingerprint density at radius 2 is 1.82 bits per heavy atom. The third-order valence-corrected chi connectivity index (χ3v) is 4.50. The lowest BCUT2D eigenvalue weighted by Crippen LogP contribution is -2.46. The molecule has 2 heterocycles. The lowest BCUT2D eigenvalue weighted by molar-refractivity contribution is 0.0817. The SMILES string of the molecule is Oc1cccc(C2=CC3(CCNCC3)Oc3ccccc32)c1. The lowest BCUT2D eigenvalue weighted by atomic mass is 9.83. The van der Waals surface area contributed by atoms with Crippen molar-refractivity contribution in [2.24, 2.45) is 0 Å². The van der Waals surface area contributed by atoms with E-state index in [0.717, 1.165) is 48.4 Å². The van der Waals surface area contributed by atoms with E-state index in [-0.39, 0.29) is 5.60 Å². The highest BCUT2D eigenvalue weighted by molar-refractivity contribution is 5.85. The molecule has 2 aliphatic rings. The minimum atomic E-state index is -0.236. The van der Waals surface area contributed by atoms with Gasteiger partial charge in [-0.05, 0) is 48.5 Å². The zero-order chi connectivity index (χ0) is 15.0. The minimum Gasteiger partial charge on any atom is -0.508 e. The predicted octanol–water partition coefficient (Wildman–Crippen LogP) is 3.34. The van der Waals surface area contributed by atoms with E-state index in [9.17, 15) is 5.11 Å². The van der Waals surface area contributed by atoms with Crippen molar-refractivity contribution in [1.29, 1.82) is 0 Å². The molecule has 4 rings (SSSR count). The van der Waals surface area contributed by atoms with Crippen LogP contribution >= 0.6 is 0 Å². The molecule has 2 N–H and O–H groups in total. The molecule has 2 aliphatic heterocycles. The van der Waals surface area contributed by atoms with Crippen molar-refractivity contribution < 1.29 is 9.84 Å². The van der Waals surface area contributed by atoms with Crippen LogP contribution < -0.4 is 10.1 Å². The van der Waals surface area contributed by atoms with Gasteiger partial charge in [-0.25, -0.2) is 0 Å². The number of rotatable bonds is 1. The van der Waals surface area contributed by atoms with Crippen LogP contribution in [-0.4, -0.2) is 23.8 Å². The fraction of sp³-hybridized carbons (Fsp3) is 0.263. The van der Waals surface area contributed by atoms with E-state index >= 15 is 0 Å². The van der Waals surface area contributed by atoms with Crippen LogP contribution in [-0.2, 0) is 0 Å². The van der Waals surface area contributed by atoms with Gasteiger partial charge < -0.3 is 15.2 Å². The number of para-hydroxylation sites is 1. The predicted molar refractivity (Wildman–Crippen MR) is 87.1 cm³/mol. The number of piperidine rings is 1. The Bertz CT molecular complexity index is 730. The second-order valence-corrected chi connectivity index (χ2v) is 6.02. The summed E-state index contributed by atoms with van der Waals surface area (Å²) in [6, 6.07) is 15.6. The fourth-order valence-corrected chi connectivity index (χ4v) is 3.38. The second kappa shape index (κ2) is 5.18. The normalized spacial score (nSPS) is 19.2. The highest BCUT2D eigenvalue weighted by Gasteiger charge is 2.36. The van der Waals surface area contributed by atoms with Gasteiger partial charge in [0.2, 0.25) is 0 Å². The van der Waals surface area contributed by atoms with E-state index in [1.165, 1.54) is 0 Å². The third-order valence-electron chi connectivity index (χ3n) is 4.50. The summed E-state index contributed by atoms with van der Waals surface area (Å²) in [6.07, 6.45) is 4.18. The maximum atomic E-state index is 9.83. The number of fused-ring (bicyclic) bond motifs is 1. The van der Waals surface area contributed by atoms with Gasteiger partial charge in [-0.2, -0.15) is 0 Å². The summed E-state index contributed by atoms with van der Waals surface area (Å²) >= 11 is 0. The lowest BCUT2D eigenvalue weighted by Gasteiger charge is -2.40. The van der Waals surface area contributed by atoms with Crippen molar-refractivity contribution in [2.45, 2.75) is 18.4 Å². The van der Waals surface area contributed by atoms with E-state index < -0.39 is 0 Å². The number of phenols is 1. The van der Waals surface area contributed by atoms with Crippen LogP contribution in [0.3, 0.4) is 0 Å². The smallest absolute Gasteiger partial charge is 0.130 e. The van der Waals surface area contributed by atoms with Gasteiger partial charge in [-0.3, -0.25) is 0 Å². The first kappa shape index (κ1) is 13.4. The molecule has 3 nitrogen and oxygen atoms in total. The van der Waals surface area contributed by atoms with Crippen molar-refractivity contribution in [3.63, 3.8) is 0 Å². The van der Waals surface area contributed by atoms with E-state index in [2.05, 4.69) is 17.5 Å². The summed E-state index contributed by atoms with van der Waals surface area (Å²) in [4.78, 5) is 0. The molecule has 2 aromatic carbocycles. The zero-order valence-electron chi connectivity index (χ0n) is 12.4. The maximum absolute atomic E-state index is 9.83. The number of benzene rings is 2. The van der Waals surface area contributed by atoms with Crippen LogP contribution in [0.4, 0.5) is 0 Å².